The van der Waals surface area contributed by atoms with Crippen molar-refractivity contribution >= 4 is 34.9 Å². The molecule has 2 amide bonds. The number of carbonyl (C=O) groups is 1. The van der Waals surface area contributed by atoms with Crippen molar-refractivity contribution in [3.05, 3.63) is 63.6 Å². The molecule has 6 heteroatoms. The molecule has 0 bridgehead atoms. The zero-order valence-electron chi connectivity index (χ0n) is 14.8. The fraction of sp³-hybridized carbons (Fsp3) is 0.350. The average molecular weight is 392 g/mol. The lowest BCUT2D eigenvalue weighted by atomic mass is 10.0. The molecule has 0 aliphatic carbocycles. The third kappa shape index (κ3) is 5.13. The third-order valence-corrected chi connectivity index (χ3v) is 5.42. The van der Waals surface area contributed by atoms with E-state index >= 15 is 0 Å². The van der Waals surface area contributed by atoms with E-state index in [0.29, 0.717) is 5.02 Å². The molecule has 0 saturated carbocycles. The van der Waals surface area contributed by atoms with Crippen LogP contribution in [0.4, 0.5) is 10.5 Å². The summed E-state index contributed by atoms with van der Waals surface area (Å²) in [5, 5.41) is 7.38. The molecule has 2 N–H and O–H groups in total. The highest BCUT2D eigenvalue weighted by molar-refractivity contribution is 6.31. The Balaban J connectivity index is 1.45. The molecule has 0 radical (unpaired) electrons. The lowest BCUT2D eigenvalue weighted by molar-refractivity contribution is 0.190. The molecular formula is C20H23Cl2N3O. The van der Waals surface area contributed by atoms with E-state index in [1.54, 1.807) is 0 Å². The van der Waals surface area contributed by atoms with Crippen LogP contribution in [-0.2, 0) is 6.54 Å². The van der Waals surface area contributed by atoms with Crippen LogP contribution in [0.15, 0.2) is 42.5 Å². The second-order valence-electron chi connectivity index (χ2n) is 6.69. The summed E-state index contributed by atoms with van der Waals surface area (Å²) in [7, 11) is 0. The van der Waals surface area contributed by atoms with Crippen LogP contribution in [0.2, 0.25) is 10.0 Å². The number of halogens is 2. The zero-order chi connectivity index (χ0) is 18.5. The van der Waals surface area contributed by atoms with E-state index in [2.05, 4.69) is 27.7 Å². The predicted molar refractivity (Wildman–Crippen MR) is 108 cm³/mol. The van der Waals surface area contributed by atoms with Crippen molar-refractivity contribution in [2.75, 3.05) is 18.4 Å². The number of nitrogens with zero attached hydrogens (tertiary/aromatic N) is 1. The number of piperidine rings is 1. The second kappa shape index (κ2) is 8.76. The number of benzene rings is 2. The van der Waals surface area contributed by atoms with E-state index in [0.717, 1.165) is 48.7 Å². The Hall–Kier alpha value is -1.75. The van der Waals surface area contributed by atoms with Gasteiger partial charge in [0.15, 0.2) is 0 Å². The molecule has 2 aromatic carbocycles. The van der Waals surface area contributed by atoms with E-state index in [1.807, 2.05) is 37.3 Å². The first kappa shape index (κ1) is 19.0. The van der Waals surface area contributed by atoms with Gasteiger partial charge in [0.05, 0.1) is 0 Å². The summed E-state index contributed by atoms with van der Waals surface area (Å²) in [6, 6.07) is 13.5. The van der Waals surface area contributed by atoms with Crippen LogP contribution >= 0.6 is 23.2 Å². The number of likely N-dealkylation sites (tertiary alicyclic amines) is 1. The van der Waals surface area contributed by atoms with Crippen LogP contribution in [0.5, 0.6) is 0 Å². The van der Waals surface area contributed by atoms with E-state index < -0.39 is 0 Å². The smallest absolute Gasteiger partial charge is 0.319 e. The summed E-state index contributed by atoms with van der Waals surface area (Å²) in [5.74, 6) is 0. The van der Waals surface area contributed by atoms with Crippen molar-refractivity contribution in [2.45, 2.75) is 32.4 Å². The number of hydrogen-bond donors (Lipinski definition) is 2. The molecule has 0 atom stereocenters. The summed E-state index contributed by atoms with van der Waals surface area (Å²) in [5.41, 5.74) is 2.88. The summed E-state index contributed by atoms with van der Waals surface area (Å²) < 4.78 is 0. The highest BCUT2D eigenvalue weighted by Gasteiger charge is 2.21. The predicted octanol–water partition coefficient (Wildman–Crippen LogP) is 5.09. The van der Waals surface area contributed by atoms with Crippen molar-refractivity contribution in [2.24, 2.45) is 0 Å². The first-order valence-corrected chi connectivity index (χ1v) is 9.56. The van der Waals surface area contributed by atoms with Gasteiger partial charge in [0.1, 0.15) is 0 Å². The summed E-state index contributed by atoms with van der Waals surface area (Å²) >= 11 is 12.0. The number of urea groups is 1. The van der Waals surface area contributed by atoms with Gasteiger partial charge in [-0.15, -0.1) is 0 Å². The van der Waals surface area contributed by atoms with Gasteiger partial charge in [-0.3, -0.25) is 4.90 Å². The Kier molecular flexibility index (Phi) is 6.41. The minimum Gasteiger partial charge on any atom is -0.335 e. The molecule has 0 spiro atoms. The Morgan fingerprint density at radius 3 is 2.50 bits per heavy atom. The Labute approximate surface area is 164 Å². The molecule has 1 aliphatic heterocycles. The largest absolute Gasteiger partial charge is 0.335 e. The monoisotopic (exact) mass is 391 g/mol. The van der Waals surface area contributed by atoms with Crippen LogP contribution in [0.3, 0.4) is 0 Å². The minimum atomic E-state index is -0.175. The molecule has 1 saturated heterocycles. The lowest BCUT2D eigenvalue weighted by Crippen LogP contribution is -2.45. The number of nitrogens with one attached hydrogen (secondary N) is 2. The van der Waals surface area contributed by atoms with Gasteiger partial charge in [-0.2, -0.15) is 0 Å². The highest BCUT2D eigenvalue weighted by atomic mass is 35.5. The minimum absolute atomic E-state index is 0.175. The standard InChI is InChI=1S/C20H23Cl2N3O/c1-14-18(22)3-2-4-19(14)24-20(26)23-17-9-11-25(12-10-17)13-15-5-7-16(21)8-6-15/h2-8,17H,9-13H2,1H3,(H2,23,24,26). The Morgan fingerprint density at radius 1 is 1.12 bits per heavy atom. The maximum absolute atomic E-state index is 12.3. The van der Waals surface area contributed by atoms with E-state index in [9.17, 15) is 4.79 Å². The Morgan fingerprint density at radius 2 is 1.81 bits per heavy atom. The summed E-state index contributed by atoms with van der Waals surface area (Å²) in [6.07, 6.45) is 1.88. The molecule has 1 aliphatic rings. The van der Waals surface area contributed by atoms with Gasteiger partial charge in [0, 0.05) is 41.4 Å². The lowest BCUT2D eigenvalue weighted by Gasteiger charge is -2.32. The van der Waals surface area contributed by atoms with Crippen LogP contribution in [0.25, 0.3) is 0 Å². The molecule has 138 valence electrons. The first-order chi connectivity index (χ1) is 12.5. The molecule has 0 aromatic heterocycles. The number of hydrogen-bond acceptors (Lipinski definition) is 2. The molecule has 1 fully saturated rings. The van der Waals surface area contributed by atoms with Crippen molar-refractivity contribution < 1.29 is 4.79 Å². The Bertz CT molecular complexity index is 756. The van der Waals surface area contributed by atoms with Crippen LogP contribution in [-0.4, -0.2) is 30.1 Å². The average Bonchev–Trinajstić information content (AvgIpc) is 2.62. The number of carbonyl (C=O) groups excluding carboxylic acids is 1. The van der Waals surface area contributed by atoms with Gasteiger partial charge in [-0.05, 0) is 55.2 Å². The second-order valence-corrected chi connectivity index (χ2v) is 7.53. The van der Waals surface area contributed by atoms with E-state index in [-0.39, 0.29) is 12.1 Å². The van der Waals surface area contributed by atoms with Crippen LogP contribution < -0.4 is 10.6 Å². The molecule has 1 heterocycles. The van der Waals surface area contributed by atoms with Gasteiger partial charge in [0.25, 0.3) is 0 Å². The first-order valence-electron chi connectivity index (χ1n) is 8.80. The maximum Gasteiger partial charge on any atom is 0.319 e. The number of amides is 2. The normalized spacial score (nSPS) is 15.7. The third-order valence-electron chi connectivity index (χ3n) is 4.76. The quantitative estimate of drug-likeness (QED) is 0.762. The van der Waals surface area contributed by atoms with Crippen molar-refractivity contribution in [3.8, 4) is 0 Å². The van der Waals surface area contributed by atoms with E-state index in [4.69, 9.17) is 23.2 Å². The molecular weight excluding hydrogens is 369 g/mol. The molecule has 0 unspecified atom stereocenters. The van der Waals surface area contributed by atoms with Crippen molar-refractivity contribution in [3.63, 3.8) is 0 Å². The molecule has 26 heavy (non-hydrogen) atoms. The van der Waals surface area contributed by atoms with Crippen molar-refractivity contribution in [1.82, 2.24) is 10.2 Å². The van der Waals surface area contributed by atoms with Crippen molar-refractivity contribution in [1.29, 1.82) is 0 Å². The fourth-order valence-electron chi connectivity index (χ4n) is 3.17. The maximum atomic E-state index is 12.3. The van der Waals surface area contributed by atoms with Crippen LogP contribution in [0, 0.1) is 6.92 Å². The van der Waals surface area contributed by atoms with Gasteiger partial charge in [0.2, 0.25) is 0 Å². The summed E-state index contributed by atoms with van der Waals surface area (Å²) in [4.78, 5) is 14.7. The summed E-state index contributed by atoms with van der Waals surface area (Å²) in [6.45, 7) is 4.73. The zero-order valence-corrected chi connectivity index (χ0v) is 16.3. The molecule has 4 nitrogen and oxygen atoms in total. The van der Waals surface area contributed by atoms with Crippen LogP contribution in [0.1, 0.15) is 24.0 Å². The van der Waals surface area contributed by atoms with Gasteiger partial charge >= 0.3 is 6.03 Å². The molecule has 3 rings (SSSR count). The fourth-order valence-corrected chi connectivity index (χ4v) is 3.47. The van der Waals surface area contributed by atoms with Gasteiger partial charge in [-0.25, -0.2) is 4.79 Å². The SMILES string of the molecule is Cc1c(Cl)cccc1NC(=O)NC1CCN(Cc2ccc(Cl)cc2)CC1. The van der Waals surface area contributed by atoms with Gasteiger partial charge < -0.3 is 10.6 Å². The number of rotatable bonds is 4. The highest BCUT2D eigenvalue weighted by Crippen LogP contribution is 2.23. The number of anilines is 1. The molecule has 2 aromatic rings. The van der Waals surface area contributed by atoms with E-state index in [1.165, 1.54) is 5.56 Å². The van der Waals surface area contributed by atoms with Gasteiger partial charge in [-0.1, -0.05) is 41.4 Å². The topological polar surface area (TPSA) is 44.4 Å².